The van der Waals surface area contributed by atoms with E-state index in [1.54, 1.807) is 12.1 Å². The SMILES string of the molecule is COc1ccc(CN2CCNCC2)cc1C(C)(F)F. The summed E-state index contributed by atoms with van der Waals surface area (Å²) < 4.78 is 32.1. The Morgan fingerprint density at radius 2 is 2.00 bits per heavy atom. The molecule has 2 rings (SSSR count). The molecule has 0 amide bonds. The number of piperazine rings is 1. The Labute approximate surface area is 112 Å². The normalized spacial score (nSPS) is 17.5. The van der Waals surface area contributed by atoms with Gasteiger partial charge in [0, 0.05) is 39.6 Å². The van der Waals surface area contributed by atoms with Crippen LogP contribution in [-0.4, -0.2) is 38.2 Å². The van der Waals surface area contributed by atoms with Crippen LogP contribution in [0, 0.1) is 0 Å². The number of nitrogens with zero attached hydrogens (tertiary/aromatic N) is 1. The molecule has 1 N–H and O–H groups in total. The molecule has 1 aromatic rings. The van der Waals surface area contributed by atoms with E-state index in [1.807, 2.05) is 6.07 Å². The number of halogens is 2. The quantitative estimate of drug-likeness (QED) is 0.908. The average molecular weight is 270 g/mol. The molecule has 3 nitrogen and oxygen atoms in total. The molecule has 0 bridgehead atoms. The van der Waals surface area contributed by atoms with Crippen molar-refractivity contribution in [1.29, 1.82) is 0 Å². The minimum Gasteiger partial charge on any atom is -0.496 e. The Balaban J connectivity index is 2.17. The van der Waals surface area contributed by atoms with E-state index in [1.165, 1.54) is 7.11 Å². The van der Waals surface area contributed by atoms with E-state index in [4.69, 9.17) is 4.74 Å². The molecular formula is C14H20F2N2O. The third kappa shape index (κ3) is 3.64. The molecule has 19 heavy (non-hydrogen) atoms. The Kier molecular flexibility index (Phi) is 4.37. The lowest BCUT2D eigenvalue weighted by Crippen LogP contribution is -2.42. The topological polar surface area (TPSA) is 24.5 Å². The van der Waals surface area contributed by atoms with E-state index in [0.29, 0.717) is 6.54 Å². The number of alkyl halides is 2. The lowest BCUT2D eigenvalue weighted by molar-refractivity contribution is 0.0149. The van der Waals surface area contributed by atoms with Gasteiger partial charge in [0.1, 0.15) is 5.75 Å². The van der Waals surface area contributed by atoms with Gasteiger partial charge in [0.2, 0.25) is 0 Å². The van der Waals surface area contributed by atoms with E-state index < -0.39 is 5.92 Å². The summed E-state index contributed by atoms with van der Waals surface area (Å²) in [5.74, 6) is -2.64. The summed E-state index contributed by atoms with van der Waals surface area (Å²) in [5, 5.41) is 3.27. The van der Waals surface area contributed by atoms with Crippen LogP contribution < -0.4 is 10.1 Å². The molecule has 1 fully saturated rings. The maximum absolute atomic E-state index is 13.6. The predicted molar refractivity (Wildman–Crippen MR) is 70.7 cm³/mol. The summed E-state index contributed by atoms with van der Waals surface area (Å²) in [4.78, 5) is 2.26. The van der Waals surface area contributed by atoms with Crippen molar-refractivity contribution in [2.45, 2.75) is 19.4 Å². The van der Waals surface area contributed by atoms with Gasteiger partial charge in [-0.15, -0.1) is 0 Å². The number of hydrogen-bond acceptors (Lipinski definition) is 3. The van der Waals surface area contributed by atoms with Crippen molar-refractivity contribution in [3.63, 3.8) is 0 Å². The lowest BCUT2D eigenvalue weighted by Gasteiger charge is -2.27. The lowest BCUT2D eigenvalue weighted by atomic mass is 10.0. The van der Waals surface area contributed by atoms with Crippen molar-refractivity contribution in [2.24, 2.45) is 0 Å². The van der Waals surface area contributed by atoms with Crippen LogP contribution in [-0.2, 0) is 12.5 Å². The highest BCUT2D eigenvalue weighted by molar-refractivity contribution is 5.40. The molecular weight excluding hydrogens is 250 g/mol. The van der Waals surface area contributed by atoms with Crippen molar-refractivity contribution >= 4 is 0 Å². The number of hydrogen-bond donors (Lipinski definition) is 1. The Hall–Kier alpha value is -1.20. The van der Waals surface area contributed by atoms with Gasteiger partial charge in [0.25, 0.3) is 5.92 Å². The van der Waals surface area contributed by atoms with Crippen LogP contribution in [0.3, 0.4) is 0 Å². The minimum absolute atomic E-state index is 0.0392. The third-order valence-corrected chi connectivity index (χ3v) is 3.35. The summed E-state index contributed by atoms with van der Waals surface area (Å²) in [5.41, 5.74) is 0.863. The highest BCUT2D eigenvalue weighted by Crippen LogP contribution is 2.35. The van der Waals surface area contributed by atoms with Crippen LogP contribution in [0.4, 0.5) is 8.78 Å². The van der Waals surface area contributed by atoms with Gasteiger partial charge in [-0.2, -0.15) is 0 Å². The fraction of sp³-hybridized carbons (Fsp3) is 0.571. The maximum atomic E-state index is 13.6. The maximum Gasteiger partial charge on any atom is 0.274 e. The largest absolute Gasteiger partial charge is 0.496 e. The van der Waals surface area contributed by atoms with E-state index in [0.717, 1.165) is 38.7 Å². The molecule has 0 unspecified atom stereocenters. The van der Waals surface area contributed by atoms with Gasteiger partial charge in [-0.1, -0.05) is 6.07 Å². The smallest absolute Gasteiger partial charge is 0.274 e. The van der Waals surface area contributed by atoms with Gasteiger partial charge in [0.05, 0.1) is 12.7 Å². The molecule has 0 radical (unpaired) electrons. The van der Waals surface area contributed by atoms with E-state index >= 15 is 0 Å². The number of nitrogens with one attached hydrogen (secondary N) is 1. The first-order valence-electron chi connectivity index (χ1n) is 6.49. The minimum atomic E-state index is -2.88. The number of ether oxygens (including phenoxy) is 1. The predicted octanol–water partition coefficient (Wildman–Crippen LogP) is 2.21. The fourth-order valence-corrected chi connectivity index (χ4v) is 2.32. The van der Waals surface area contributed by atoms with Crippen LogP contribution in [0.1, 0.15) is 18.1 Å². The standard InChI is InChI=1S/C14H20F2N2O/c1-14(15,16)12-9-11(3-4-13(12)19-2)10-18-7-5-17-6-8-18/h3-4,9,17H,5-8,10H2,1-2H3. The molecule has 0 aromatic heterocycles. The second-order valence-electron chi connectivity index (χ2n) is 4.95. The van der Waals surface area contributed by atoms with Gasteiger partial charge < -0.3 is 10.1 Å². The molecule has 1 aromatic carbocycles. The summed E-state index contributed by atoms with van der Waals surface area (Å²) in [6, 6.07) is 5.04. The molecule has 106 valence electrons. The van der Waals surface area contributed by atoms with E-state index in [9.17, 15) is 8.78 Å². The van der Waals surface area contributed by atoms with Gasteiger partial charge in [-0.25, -0.2) is 8.78 Å². The summed E-state index contributed by atoms with van der Waals surface area (Å²) >= 11 is 0. The van der Waals surface area contributed by atoms with Crippen LogP contribution in [0.2, 0.25) is 0 Å². The first-order valence-corrected chi connectivity index (χ1v) is 6.49. The highest BCUT2D eigenvalue weighted by atomic mass is 19.3. The summed E-state index contributed by atoms with van der Waals surface area (Å²) in [6.45, 7) is 5.40. The van der Waals surface area contributed by atoms with Crippen molar-refractivity contribution in [1.82, 2.24) is 10.2 Å². The molecule has 1 aliphatic rings. The monoisotopic (exact) mass is 270 g/mol. The molecule has 0 atom stereocenters. The zero-order chi connectivity index (χ0) is 13.9. The first kappa shape index (κ1) is 14.2. The van der Waals surface area contributed by atoms with Gasteiger partial charge in [-0.05, 0) is 17.7 Å². The summed E-state index contributed by atoms with van der Waals surface area (Å²) in [7, 11) is 1.42. The second-order valence-corrected chi connectivity index (χ2v) is 4.95. The Bertz CT molecular complexity index is 426. The zero-order valence-corrected chi connectivity index (χ0v) is 11.4. The van der Waals surface area contributed by atoms with Crippen LogP contribution in [0.15, 0.2) is 18.2 Å². The first-order chi connectivity index (χ1) is 9.00. The number of rotatable bonds is 4. The molecule has 0 spiro atoms. The Morgan fingerprint density at radius 3 is 2.58 bits per heavy atom. The van der Waals surface area contributed by atoms with Crippen LogP contribution in [0.25, 0.3) is 0 Å². The van der Waals surface area contributed by atoms with Crippen LogP contribution in [0.5, 0.6) is 5.75 Å². The van der Waals surface area contributed by atoms with Crippen molar-refractivity contribution < 1.29 is 13.5 Å². The second kappa shape index (κ2) is 5.84. The van der Waals surface area contributed by atoms with Gasteiger partial charge in [-0.3, -0.25) is 4.90 Å². The number of benzene rings is 1. The molecule has 1 saturated heterocycles. The van der Waals surface area contributed by atoms with Gasteiger partial charge in [0.15, 0.2) is 0 Å². The fourth-order valence-electron chi connectivity index (χ4n) is 2.32. The van der Waals surface area contributed by atoms with Crippen molar-refractivity contribution in [3.8, 4) is 5.75 Å². The average Bonchev–Trinajstić information content (AvgIpc) is 2.39. The van der Waals surface area contributed by atoms with Crippen LogP contribution >= 0.6 is 0 Å². The molecule has 0 saturated carbocycles. The Morgan fingerprint density at radius 1 is 1.32 bits per heavy atom. The summed E-state index contributed by atoms with van der Waals surface area (Å²) in [6.07, 6.45) is 0. The third-order valence-electron chi connectivity index (χ3n) is 3.35. The molecule has 1 heterocycles. The highest BCUT2D eigenvalue weighted by Gasteiger charge is 2.28. The number of methoxy groups -OCH3 is 1. The van der Waals surface area contributed by atoms with Crippen molar-refractivity contribution in [2.75, 3.05) is 33.3 Å². The van der Waals surface area contributed by atoms with Gasteiger partial charge >= 0.3 is 0 Å². The molecule has 0 aliphatic carbocycles. The van der Waals surface area contributed by atoms with E-state index in [-0.39, 0.29) is 11.3 Å². The van der Waals surface area contributed by atoms with Crippen molar-refractivity contribution in [3.05, 3.63) is 29.3 Å². The molecule has 5 heteroatoms. The van der Waals surface area contributed by atoms with E-state index in [2.05, 4.69) is 10.2 Å². The zero-order valence-electron chi connectivity index (χ0n) is 11.4. The molecule has 1 aliphatic heterocycles.